The quantitative estimate of drug-likeness (QED) is 0.660. The van der Waals surface area contributed by atoms with Gasteiger partial charge in [0.05, 0.1) is 12.2 Å². The number of urea groups is 1. The first-order chi connectivity index (χ1) is 12.2. The third-order valence-electron chi connectivity index (χ3n) is 3.14. The van der Waals surface area contributed by atoms with Crippen LogP contribution in [-0.4, -0.2) is 38.9 Å². The van der Waals surface area contributed by atoms with Crippen LogP contribution in [0.1, 0.15) is 0 Å². The van der Waals surface area contributed by atoms with Crippen LogP contribution < -0.4 is 15.4 Å². The average molecular weight is 359 g/mol. The summed E-state index contributed by atoms with van der Waals surface area (Å²) in [5.74, 6) is 1.17. The summed E-state index contributed by atoms with van der Waals surface area (Å²) in [4.78, 5) is 20.1. The Hall–Kier alpha value is -3.13. The van der Waals surface area contributed by atoms with Crippen molar-refractivity contribution in [1.82, 2.24) is 25.1 Å². The molecule has 2 heterocycles. The summed E-state index contributed by atoms with van der Waals surface area (Å²) in [6, 6.07) is 10.1. The normalized spacial score (nSPS) is 10.3. The number of ether oxygens (including phenoxy) is 1. The van der Waals surface area contributed by atoms with Gasteiger partial charge in [0.25, 0.3) is 0 Å². The molecular formula is C16H15ClN6O2. The highest BCUT2D eigenvalue weighted by Crippen LogP contribution is 2.16. The van der Waals surface area contributed by atoms with E-state index in [0.717, 1.165) is 0 Å². The van der Waals surface area contributed by atoms with Crippen LogP contribution in [0, 0.1) is 0 Å². The second-order valence-electron chi connectivity index (χ2n) is 4.90. The molecule has 0 fully saturated rings. The van der Waals surface area contributed by atoms with Crippen LogP contribution in [0.2, 0.25) is 5.02 Å². The van der Waals surface area contributed by atoms with Crippen LogP contribution in [0.15, 0.2) is 55.2 Å². The molecule has 0 spiro atoms. The zero-order chi connectivity index (χ0) is 17.5. The molecule has 0 radical (unpaired) electrons. The van der Waals surface area contributed by atoms with Gasteiger partial charge in [-0.1, -0.05) is 11.6 Å². The van der Waals surface area contributed by atoms with E-state index in [1.807, 2.05) is 0 Å². The average Bonchev–Trinajstić information content (AvgIpc) is 3.15. The standard InChI is InChI=1S/C16H15ClN6O2/c17-12-3-5-13(6-4-12)25-9-8-20-16(24)22-14-2-1-7-19-15(14)23-11-18-10-21-23/h1-7,10-11H,8-9H2,(H2,20,22,24). The van der Waals surface area contributed by atoms with Crippen molar-refractivity contribution in [2.45, 2.75) is 0 Å². The van der Waals surface area contributed by atoms with Gasteiger partial charge in [-0.2, -0.15) is 5.10 Å². The molecule has 2 amide bonds. The maximum Gasteiger partial charge on any atom is 0.319 e. The first-order valence-electron chi connectivity index (χ1n) is 7.45. The van der Waals surface area contributed by atoms with Crippen LogP contribution in [-0.2, 0) is 0 Å². The molecule has 3 rings (SSSR count). The molecule has 0 unspecified atom stereocenters. The van der Waals surface area contributed by atoms with E-state index < -0.39 is 0 Å². The Bertz CT molecular complexity index is 823. The van der Waals surface area contributed by atoms with Crippen molar-refractivity contribution < 1.29 is 9.53 Å². The summed E-state index contributed by atoms with van der Waals surface area (Å²) >= 11 is 5.81. The van der Waals surface area contributed by atoms with Crippen molar-refractivity contribution in [2.75, 3.05) is 18.5 Å². The van der Waals surface area contributed by atoms with Gasteiger partial charge in [-0.25, -0.2) is 19.4 Å². The summed E-state index contributed by atoms with van der Waals surface area (Å²) in [5, 5.41) is 10.1. The van der Waals surface area contributed by atoms with E-state index in [4.69, 9.17) is 16.3 Å². The van der Waals surface area contributed by atoms with E-state index in [1.165, 1.54) is 17.3 Å². The predicted octanol–water partition coefficient (Wildman–Crippen LogP) is 2.52. The molecule has 9 heteroatoms. The molecule has 0 aliphatic carbocycles. The minimum atomic E-state index is -0.367. The predicted molar refractivity (Wildman–Crippen MR) is 93.1 cm³/mol. The Morgan fingerprint density at radius 2 is 2.08 bits per heavy atom. The topological polar surface area (TPSA) is 94.0 Å². The van der Waals surface area contributed by atoms with Gasteiger partial charge >= 0.3 is 6.03 Å². The third-order valence-corrected chi connectivity index (χ3v) is 3.39. The first-order valence-corrected chi connectivity index (χ1v) is 7.83. The highest BCUT2D eigenvalue weighted by molar-refractivity contribution is 6.30. The highest BCUT2D eigenvalue weighted by atomic mass is 35.5. The lowest BCUT2D eigenvalue weighted by Gasteiger charge is -2.11. The number of carbonyl (C=O) groups excluding carboxylic acids is 1. The number of hydrogen-bond acceptors (Lipinski definition) is 5. The van der Waals surface area contributed by atoms with Gasteiger partial charge in [0, 0.05) is 11.2 Å². The molecule has 128 valence electrons. The molecule has 8 nitrogen and oxygen atoms in total. The van der Waals surface area contributed by atoms with Crippen LogP contribution >= 0.6 is 11.6 Å². The van der Waals surface area contributed by atoms with Crippen LogP contribution in [0.3, 0.4) is 0 Å². The van der Waals surface area contributed by atoms with Crippen molar-refractivity contribution >= 4 is 23.3 Å². The summed E-state index contributed by atoms with van der Waals surface area (Å²) in [6.45, 7) is 0.672. The van der Waals surface area contributed by atoms with E-state index in [-0.39, 0.29) is 6.03 Å². The number of carbonyl (C=O) groups is 1. The van der Waals surface area contributed by atoms with Crippen molar-refractivity contribution in [3.8, 4) is 11.6 Å². The van der Waals surface area contributed by atoms with Gasteiger partial charge in [-0.3, -0.25) is 0 Å². The summed E-state index contributed by atoms with van der Waals surface area (Å²) in [5.41, 5.74) is 0.518. The van der Waals surface area contributed by atoms with E-state index >= 15 is 0 Å². The van der Waals surface area contributed by atoms with Gasteiger partial charge in [0.15, 0.2) is 5.82 Å². The molecular weight excluding hydrogens is 344 g/mol. The van der Waals surface area contributed by atoms with Crippen LogP contribution in [0.4, 0.5) is 10.5 Å². The third kappa shape index (κ3) is 4.67. The first kappa shape index (κ1) is 16.7. The summed E-state index contributed by atoms with van der Waals surface area (Å²) < 4.78 is 6.98. The van der Waals surface area contributed by atoms with Gasteiger partial charge in [-0.15, -0.1) is 0 Å². The minimum Gasteiger partial charge on any atom is -0.492 e. The fourth-order valence-electron chi connectivity index (χ4n) is 2.03. The zero-order valence-corrected chi connectivity index (χ0v) is 13.8. The lowest BCUT2D eigenvalue weighted by Crippen LogP contribution is -2.32. The molecule has 0 saturated carbocycles. The maximum absolute atomic E-state index is 12.0. The number of rotatable bonds is 6. The number of halogens is 1. The van der Waals surface area contributed by atoms with Crippen molar-refractivity contribution in [3.63, 3.8) is 0 Å². The van der Waals surface area contributed by atoms with Crippen molar-refractivity contribution in [2.24, 2.45) is 0 Å². The Kier molecular flexibility index (Phi) is 5.43. The number of pyridine rings is 1. The van der Waals surface area contributed by atoms with Crippen molar-refractivity contribution in [3.05, 3.63) is 60.3 Å². The number of aromatic nitrogens is 4. The van der Waals surface area contributed by atoms with E-state index in [0.29, 0.717) is 35.4 Å². The number of amides is 2. The maximum atomic E-state index is 12.0. The monoisotopic (exact) mass is 358 g/mol. The molecule has 0 aliphatic rings. The highest BCUT2D eigenvalue weighted by Gasteiger charge is 2.09. The molecule has 2 N–H and O–H groups in total. The van der Waals surface area contributed by atoms with Gasteiger partial charge in [0.1, 0.15) is 25.0 Å². The van der Waals surface area contributed by atoms with Crippen molar-refractivity contribution in [1.29, 1.82) is 0 Å². The lowest BCUT2D eigenvalue weighted by molar-refractivity contribution is 0.247. The minimum absolute atomic E-state index is 0.331. The van der Waals surface area contributed by atoms with Crippen LogP contribution in [0.5, 0.6) is 5.75 Å². The number of nitrogens with zero attached hydrogens (tertiary/aromatic N) is 4. The Labute approximate surface area is 148 Å². The Morgan fingerprint density at radius 1 is 1.24 bits per heavy atom. The van der Waals surface area contributed by atoms with Gasteiger partial charge in [0.2, 0.25) is 0 Å². The fraction of sp³-hybridized carbons (Fsp3) is 0.125. The Morgan fingerprint density at radius 3 is 2.84 bits per heavy atom. The smallest absolute Gasteiger partial charge is 0.319 e. The lowest BCUT2D eigenvalue weighted by atomic mass is 10.3. The van der Waals surface area contributed by atoms with Gasteiger partial charge in [-0.05, 0) is 36.4 Å². The molecule has 0 aliphatic heterocycles. The Balaban J connectivity index is 1.49. The number of nitrogens with one attached hydrogen (secondary N) is 2. The summed E-state index contributed by atoms with van der Waals surface area (Å²) in [6.07, 6.45) is 4.51. The molecule has 25 heavy (non-hydrogen) atoms. The van der Waals surface area contributed by atoms with Crippen LogP contribution in [0.25, 0.3) is 5.82 Å². The number of hydrogen-bond donors (Lipinski definition) is 2. The largest absolute Gasteiger partial charge is 0.492 e. The number of anilines is 1. The molecule has 1 aromatic carbocycles. The second-order valence-corrected chi connectivity index (χ2v) is 5.33. The molecule has 0 bridgehead atoms. The molecule has 3 aromatic rings. The van der Waals surface area contributed by atoms with E-state index in [1.54, 1.807) is 42.6 Å². The van der Waals surface area contributed by atoms with E-state index in [2.05, 4.69) is 25.7 Å². The fourth-order valence-corrected chi connectivity index (χ4v) is 2.15. The summed E-state index contributed by atoms with van der Waals surface area (Å²) in [7, 11) is 0. The van der Waals surface area contributed by atoms with Gasteiger partial charge < -0.3 is 15.4 Å². The molecule has 0 atom stereocenters. The number of benzene rings is 1. The second kappa shape index (κ2) is 8.11. The SMILES string of the molecule is O=C(NCCOc1ccc(Cl)cc1)Nc1cccnc1-n1cncn1. The molecule has 0 saturated heterocycles. The zero-order valence-electron chi connectivity index (χ0n) is 13.1. The molecule has 2 aromatic heterocycles. The van der Waals surface area contributed by atoms with E-state index in [9.17, 15) is 4.79 Å².